The molecule has 1 amide bonds. The number of nitrogens with one attached hydrogen (secondary N) is 1. The van der Waals surface area contributed by atoms with E-state index in [1.165, 1.54) is 31.4 Å². The fourth-order valence-corrected chi connectivity index (χ4v) is 3.63. The Bertz CT molecular complexity index is 1370. The zero-order valence-corrected chi connectivity index (χ0v) is 20.7. The highest BCUT2D eigenvalue weighted by Gasteiger charge is 2.30. The number of methoxy groups -OCH3 is 1. The van der Waals surface area contributed by atoms with Crippen molar-refractivity contribution in [2.75, 3.05) is 12.4 Å². The summed E-state index contributed by atoms with van der Waals surface area (Å²) in [5.74, 6) is -0.453. The van der Waals surface area contributed by atoms with Crippen molar-refractivity contribution < 1.29 is 27.4 Å². The lowest BCUT2D eigenvalue weighted by molar-refractivity contribution is -0.137. The number of halogens is 6. The molecule has 0 atom stereocenters. The van der Waals surface area contributed by atoms with E-state index in [0.29, 0.717) is 15.6 Å². The number of alkyl halides is 3. The predicted octanol–water partition coefficient (Wildman–Crippen LogP) is 7.80. The van der Waals surface area contributed by atoms with Crippen LogP contribution in [0.5, 0.6) is 11.5 Å². The summed E-state index contributed by atoms with van der Waals surface area (Å²) in [4.78, 5) is 12.5. The maximum atomic E-state index is 12.9. The zero-order valence-electron chi connectivity index (χ0n) is 18.4. The average Bonchev–Trinajstić information content (AvgIpc) is 2.83. The minimum absolute atomic E-state index is 0.102. The number of benzene rings is 3. The van der Waals surface area contributed by atoms with Crippen LogP contribution in [0, 0.1) is 11.3 Å². The molecule has 0 fully saturated rings. The normalized spacial score (nSPS) is 11.6. The molecular weight excluding hydrogens is 540 g/mol. The van der Waals surface area contributed by atoms with Gasteiger partial charge in [-0.3, -0.25) is 4.79 Å². The molecule has 0 aliphatic rings. The van der Waals surface area contributed by atoms with Crippen LogP contribution in [-0.4, -0.2) is 13.0 Å². The zero-order chi connectivity index (χ0) is 26.5. The second-order valence-electron chi connectivity index (χ2n) is 7.27. The summed E-state index contributed by atoms with van der Waals surface area (Å²) in [5.41, 5.74) is -0.359. The molecule has 36 heavy (non-hydrogen) atoms. The van der Waals surface area contributed by atoms with Crippen LogP contribution < -0.4 is 14.8 Å². The second-order valence-corrected chi connectivity index (χ2v) is 8.50. The molecule has 0 spiro atoms. The van der Waals surface area contributed by atoms with Gasteiger partial charge in [-0.15, -0.1) is 0 Å². The van der Waals surface area contributed by atoms with Gasteiger partial charge in [-0.05, 0) is 59.7 Å². The van der Waals surface area contributed by atoms with Crippen LogP contribution in [0.2, 0.25) is 15.1 Å². The first-order valence-corrected chi connectivity index (χ1v) is 11.2. The Morgan fingerprint density at radius 3 is 2.44 bits per heavy atom. The van der Waals surface area contributed by atoms with E-state index in [1.54, 1.807) is 24.3 Å². The summed E-state index contributed by atoms with van der Waals surface area (Å²) in [6, 6.07) is 13.7. The summed E-state index contributed by atoms with van der Waals surface area (Å²) < 4.78 is 49.9. The van der Waals surface area contributed by atoms with Gasteiger partial charge in [-0.2, -0.15) is 18.4 Å². The number of hydrogen-bond acceptors (Lipinski definition) is 4. The molecule has 3 aromatic rings. The van der Waals surface area contributed by atoms with E-state index in [-0.39, 0.29) is 34.4 Å². The second kappa shape index (κ2) is 11.6. The molecule has 0 saturated carbocycles. The Labute approximate surface area is 219 Å². The number of carbonyl (C=O) groups is 1. The van der Waals surface area contributed by atoms with Gasteiger partial charge < -0.3 is 14.8 Å². The van der Waals surface area contributed by atoms with Crippen molar-refractivity contribution in [3.63, 3.8) is 0 Å². The van der Waals surface area contributed by atoms with Crippen LogP contribution >= 0.6 is 34.8 Å². The maximum absolute atomic E-state index is 12.9. The molecule has 5 nitrogen and oxygen atoms in total. The lowest BCUT2D eigenvalue weighted by atomic mass is 10.1. The van der Waals surface area contributed by atoms with Crippen LogP contribution in [-0.2, 0) is 17.6 Å². The summed E-state index contributed by atoms with van der Waals surface area (Å²) in [7, 11) is 1.39. The number of anilines is 1. The molecule has 3 rings (SSSR count). The first kappa shape index (κ1) is 27.2. The summed E-state index contributed by atoms with van der Waals surface area (Å²) in [6.45, 7) is 0.102. The van der Waals surface area contributed by atoms with Gasteiger partial charge in [0, 0.05) is 5.69 Å². The van der Waals surface area contributed by atoms with Gasteiger partial charge in [0.25, 0.3) is 5.91 Å². The molecule has 0 aromatic heterocycles. The maximum Gasteiger partial charge on any atom is 0.416 e. The monoisotopic (exact) mass is 554 g/mol. The quantitative estimate of drug-likeness (QED) is 0.238. The Morgan fingerprint density at radius 1 is 1.06 bits per heavy atom. The molecule has 1 N–H and O–H groups in total. The van der Waals surface area contributed by atoms with Crippen molar-refractivity contribution >= 4 is 52.5 Å². The van der Waals surface area contributed by atoms with E-state index in [0.717, 1.165) is 23.8 Å². The lowest BCUT2D eigenvalue weighted by Crippen LogP contribution is -2.14. The predicted molar refractivity (Wildman–Crippen MR) is 132 cm³/mol. The molecule has 11 heteroatoms. The number of ether oxygens (including phenoxy) is 2. The van der Waals surface area contributed by atoms with E-state index >= 15 is 0 Å². The van der Waals surface area contributed by atoms with Gasteiger partial charge in [-0.25, -0.2) is 0 Å². The van der Waals surface area contributed by atoms with Gasteiger partial charge in [0.1, 0.15) is 18.2 Å². The van der Waals surface area contributed by atoms with E-state index in [2.05, 4.69) is 5.32 Å². The standard InChI is InChI=1S/C25H16Cl3F3N2O3/c1-35-22-10-15(9-21(28)23(22)36-13-14-5-6-19(26)20(27)8-14)7-16(12-32)24(34)33-18-4-2-3-17(11-18)25(29,30)31/h2-11H,13H2,1H3,(H,33,34)/b16-7+. The van der Waals surface area contributed by atoms with Crippen LogP contribution in [0.4, 0.5) is 18.9 Å². The summed E-state index contributed by atoms with van der Waals surface area (Å²) in [6.07, 6.45) is -3.36. The minimum Gasteiger partial charge on any atom is -0.493 e. The van der Waals surface area contributed by atoms with E-state index in [1.807, 2.05) is 0 Å². The average molecular weight is 556 g/mol. The molecule has 0 radical (unpaired) electrons. The molecule has 0 heterocycles. The molecule has 0 aliphatic heterocycles. The number of nitriles is 1. The van der Waals surface area contributed by atoms with E-state index < -0.39 is 17.6 Å². The lowest BCUT2D eigenvalue weighted by Gasteiger charge is -2.14. The fourth-order valence-electron chi connectivity index (χ4n) is 3.04. The number of nitrogens with zero attached hydrogens (tertiary/aromatic N) is 1. The Kier molecular flexibility index (Phi) is 8.75. The van der Waals surface area contributed by atoms with Crippen molar-refractivity contribution in [2.24, 2.45) is 0 Å². The SMILES string of the molecule is COc1cc(/C=C(\C#N)C(=O)Nc2cccc(C(F)(F)F)c2)cc(Cl)c1OCc1ccc(Cl)c(Cl)c1. The number of carbonyl (C=O) groups excluding carboxylic acids is 1. The molecule has 0 aliphatic carbocycles. The molecule has 0 unspecified atom stereocenters. The van der Waals surface area contributed by atoms with E-state index in [9.17, 15) is 23.2 Å². The third-order valence-corrected chi connectivity index (χ3v) is 5.76. The van der Waals surface area contributed by atoms with Crippen LogP contribution in [0.3, 0.4) is 0 Å². The summed E-state index contributed by atoms with van der Waals surface area (Å²) >= 11 is 18.3. The van der Waals surface area contributed by atoms with Crippen LogP contribution in [0.15, 0.2) is 60.2 Å². The topological polar surface area (TPSA) is 71.3 Å². The van der Waals surface area contributed by atoms with Gasteiger partial charge in [0.05, 0.1) is 27.7 Å². The number of hydrogen-bond donors (Lipinski definition) is 1. The first-order chi connectivity index (χ1) is 17.0. The molecule has 186 valence electrons. The van der Waals surface area contributed by atoms with Gasteiger partial charge >= 0.3 is 6.18 Å². The summed E-state index contributed by atoms with van der Waals surface area (Å²) in [5, 5.41) is 12.6. The third-order valence-electron chi connectivity index (χ3n) is 4.74. The smallest absolute Gasteiger partial charge is 0.416 e. The van der Waals surface area contributed by atoms with Crippen molar-refractivity contribution in [1.82, 2.24) is 0 Å². The Morgan fingerprint density at radius 2 is 1.81 bits per heavy atom. The highest BCUT2D eigenvalue weighted by molar-refractivity contribution is 6.42. The van der Waals surface area contributed by atoms with Gasteiger partial charge in [-0.1, -0.05) is 46.9 Å². The molecule has 0 saturated heterocycles. The highest BCUT2D eigenvalue weighted by Crippen LogP contribution is 2.38. The third kappa shape index (κ3) is 6.85. The largest absolute Gasteiger partial charge is 0.493 e. The van der Waals surface area contributed by atoms with Gasteiger partial charge in [0.2, 0.25) is 0 Å². The van der Waals surface area contributed by atoms with Crippen molar-refractivity contribution in [2.45, 2.75) is 12.8 Å². The fraction of sp³-hybridized carbons (Fsp3) is 0.120. The number of rotatable bonds is 7. The van der Waals surface area contributed by atoms with E-state index in [4.69, 9.17) is 44.3 Å². The van der Waals surface area contributed by atoms with Crippen molar-refractivity contribution in [3.05, 3.63) is 91.9 Å². The molecule has 0 bridgehead atoms. The van der Waals surface area contributed by atoms with Gasteiger partial charge in [0.15, 0.2) is 11.5 Å². The van der Waals surface area contributed by atoms with Crippen molar-refractivity contribution in [3.8, 4) is 17.6 Å². The minimum atomic E-state index is -4.58. The Hall–Kier alpha value is -3.38. The van der Waals surface area contributed by atoms with Crippen LogP contribution in [0.1, 0.15) is 16.7 Å². The highest BCUT2D eigenvalue weighted by atomic mass is 35.5. The molecular formula is C25H16Cl3F3N2O3. The first-order valence-electron chi connectivity index (χ1n) is 10.1. The number of amides is 1. The van der Waals surface area contributed by atoms with Crippen LogP contribution in [0.25, 0.3) is 6.08 Å². The molecule has 3 aromatic carbocycles. The van der Waals surface area contributed by atoms with Crippen molar-refractivity contribution in [1.29, 1.82) is 5.26 Å². The Balaban J connectivity index is 1.82.